The molecular weight excluding hydrogens is 391 g/mol. The Bertz CT molecular complexity index is 858. The van der Waals surface area contributed by atoms with Crippen LogP contribution in [0.4, 0.5) is 4.39 Å². The Morgan fingerprint density at radius 2 is 1.87 bits per heavy atom. The van der Waals surface area contributed by atoms with Crippen LogP contribution in [-0.4, -0.2) is 54.2 Å². The molecule has 2 heterocycles. The van der Waals surface area contributed by atoms with Gasteiger partial charge in [0.1, 0.15) is 0 Å². The Labute approximate surface area is 175 Å². The van der Waals surface area contributed by atoms with Gasteiger partial charge in [-0.15, -0.1) is 0 Å². The molecule has 164 valence electrons. The summed E-state index contributed by atoms with van der Waals surface area (Å²) < 4.78 is 41.2. The van der Waals surface area contributed by atoms with Crippen molar-refractivity contribution in [2.24, 2.45) is 22.7 Å². The van der Waals surface area contributed by atoms with E-state index in [2.05, 4.69) is 6.92 Å². The second-order valence-corrected chi connectivity index (χ2v) is 10.3. The summed E-state index contributed by atoms with van der Waals surface area (Å²) in [7, 11) is 0. The van der Waals surface area contributed by atoms with Crippen molar-refractivity contribution in [2.45, 2.75) is 69.3 Å². The van der Waals surface area contributed by atoms with Crippen LogP contribution in [0, 0.1) is 22.7 Å². The average Bonchev–Trinajstić information content (AvgIpc) is 3.40. The van der Waals surface area contributed by atoms with E-state index in [1.54, 1.807) is 12.2 Å². The molecule has 30 heavy (non-hydrogen) atoms. The molecule has 6 aliphatic rings. The molecule has 2 aliphatic heterocycles. The van der Waals surface area contributed by atoms with Gasteiger partial charge in [0.2, 0.25) is 0 Å². The predicted molar refractivity (Wildman–Crippen MR) is 103 cm³/mol. The molecule has 0 aromatic heterocycles. The Morgan fingerprint density at radius 3 is 2.63 bits per heavy atom. The van der Waals surface area contributed by atoms with Gasteiger partial charge in [-0.3, -0.25) is 9.53 Å². The molecule has 2 spiro atoms. The third-order valence-corrected chi connectivity index (χ3v) is 9.48. The Hall–Kier alpha value is -1.12. The van der Waals surface area contributed by atoms with Gasteiger partial charge < -0.3 is 19.3 Å². The topological polar surface area (TPSA) is 74.2 Å². The standard InChI is InChI=1S/C23H29FO6/c1-19-7-5-15(25)11-14(19)3-4-17-16-6-8-21(20(16,2)12-18(26)22(17,19)24)23(30-13-29-21)27-9-10-28-23/h5,7,11,16-18,26H,3-4,6,8-10,12-13H2,1-2H3/t16-,17-,18-,19-,20-,21?,22-/m0/s1. The lowest BCUT2D eigenvalue weighted by Crippen LogP contribution is -2.70. The van der Waals surface area contributed by atoms with Crippen LogP contribution in [-0.2, 0) is 23.7 Å². The van der Waals surface area contributed by atoms with Crippen molar-refractivity contribution in [3.8, 4) is 0 Å². The van der Waals surface area contributed by atoms with Gasteiger partial charge in [0.05, 0.1) is 19.3 Å². The number of halogens is 1. The number of fused-ring (bicyclic) bond motifs is 7. The molecule has 0 radical (unpaired) electrons. The molecule has 7 heteroatoms. The van der Waals surface area contributed by atoms with Crippen LogP contribution in [0.15, 0.2) is 23.8 Å². The predicted octanol–water partition coefficient (Wildman–Crippen LogP) is 2.80. The third-order valence-electron chi connectivity index (χ3n) is 9.48. The minimum atomic E-state index is -1.84. The van der Waals surface area contributed by atoms with Gasteiger partial charge >= 0.3 is 5.97 Å². The molecule has 0 bridgehead atoms. The lowest BCUT2D eigenvalue weighted by atomic mass is 9.44. The van der Waals surface area contributed by atoms with Gasteiger partial charge in [-0.2, -0.15) is 0 Å². The second-order valence-electron chi connectivity index (χ2n) is 10.3. The van der Waals surface area contributed by atoms with E-state index < -0.39 is 34.2 Å². The Morgan fingerprint density at radius 1 is 1.10 bits per heavy atom. The van der Waals surface area contributed by atoms with E-state index in [1.165, 1.54) is 6.08 Å². The fourth-order valence-corrected chi connectivity index (χ4v) is 8.06. The molecule has 1 N–H and O–H groups in total. The van der Waals surface area contributed by atoms with Crippen LogP contribution in [0.25, 0.3) is 0 Å². The number of ether oxygens (including phenoxy) is 4. The maximum atomic E-state index is 17.1. The zero-order valence-corrected chi connectivity index (χ0v) is 17.5. The number of aliphatic hydroxyl groups excluding tert-OH is 1. The van der Waals surface area contributed by atoms with E-state index in [9.17, 15) is 9.90 Å². The number of alkyl halides is 1. The quantitative estimate of drug-likeness (QED) is 0.650. The van der Waals surface area contributed by atoms with Crippen molar-refractivity contribution in [3.63, 3.8) is 0 Å². The van der Waals surface area contributed by atoms with Gasteiger partial charge in [-0.25, -0.2) is 4.39 Å². The van der Waals surface area contributed by atoms with E-state index in [0.717, 1.165) is 12.0 Å². The molecule has 0 aromatic rings. The lowest BCUT2D eigenvalue weighted by molar-refractivity contribution is -0.364. The van der Waals surface area contributed by atoms with Gasteiger partial charge in [-0.1, -0.05) is 18.6 Å². The second kappa shape index (κ2) is 5.81. The van der Waals surface area contributed by atoms with Crippen molar-refractivity contribution in [1.82, 2.24) is 0 Å². The number of hydrogen-bond donors (Lipinski definition) is 1. The van der Waals surface area contributed by atoms with Gasteiger partial charge in [0.25, 0.3) is 0 Å². The van der Waals surface area contributed by atoms with Gasteiger partial charge in [-0.05, 0) is 57.1 Å². The largest absolute Gasteiger partial charge is 0.390 e. The highest BCUT2D eigenvalue weighted by atomic mass is 19.1. The molecule has 7 atom stereocenters. The highest BCUT2D eigenvalue weighted by Gasteiger charge is 2.80. The first-order chi connectivity index (χ1) is 14.2. The van der Waals surface area contributed by atoms with E-state index >= 15 is 4.39 Å². The van der Waals surface area contributed by atoms with Crippen LogP contribution < -0.4 is 0 Å². The van der Waals surface area contributed by atoms with Gasteiger partial charge in [0, 0.05) is 16.7 Å². The Kier molecular flexibility index (Phi) is 3.79. The molecule has 5 fully saturated rings. The van der Waals surface area contributed by atoms with E-state index in [4.69, 9.17) is 18.9 Å². The number of carbonyl (C=O) groups is 1. The zero-order valence-electron chi connectivity index (χ0n) is 17.5. The van der Waals surface area contributed by atoms with Crippen molar-refractivity contribution >= 4 is 5.78 Å². The van der Waals surface area contributed by atoms with Crippen LogP contribution in [0.1, 0.15) is 46.0 Å². The highest BCUT2D eigenvalue weighted by Crippen LogP contribution is 2.73. The maximum absolute atomic E-state index is 17.1. The number of allylic oxidation sites excluding steroid dienone is 4. The molecular formula is C23H29FO6. The summed E-state index contributed by atoms with van der Waals surface area (Å²) in [5, 5.41) is 11.4. The molecule has 6 rings (SSSR count). The fraction of sp³-hybridized carbons (Fsp3) is 0.783. The minimum Gasteiger partial charge on any atom is -0.390 e. The first kappa shape index (κ1) is 19.6. The molecule has 3 saturated carbocycles. The first-order valence-electron chi connectivity index (χ1n) is 11.1. The summed E-state index contributed by atoms with van der Waals surface area (Å²) in [6, 6.07) is 0. The smallest absolute Gasteiger partial charge is 0.316 e. The number of ketones is 1. The fourth-order valence-electron chi connectivity index (χ4n) is 8.06. The van der Waals surface area contributed by atoms with E-state index in [1.807, 2.05) is 6.92 Å². The van der Waals surface area contributed by atoms with Crippen molar-refractivity contribution < 1.29 is 33.2 Å². The van der Waals surface area contributed by atoms with Crippen LogP contribution in [0.3, 0.4) is 0 Å². The average molecular weight is 420 g/mol. The maximum Gasteiger partial charge on any atom is 0.316 e. The Balaban J connectivity index is 1.45. The van der Waals surface area contributed by atoms with Crippen molar-refractivity contribution in [1.29, 1.82) is 0 Å². The van der Waals surface area contributed by atoms with Crippen LogP contribution in [0.2, 0.25) is 0 Å². The van der Waals surface area contributed by atoms with E-state index in [-0.39, 0.29) is 30.8 Å². The summed E-state index contributed by atoms with van der Waals surface area (Å²) in [5.41, 5.74) is -3.44. The summed E-state index contributed by atoms with van der Waals surface area (Å²) in [4.78, 5) is 11.9. The molecule has 4 aliphatic carbocycles. The van der Waals surface area contributed by atoms with Crippen molar-refractivity contribution in [2.75, 3.05) is 20.0 Å². The summed E-state index contributed by atoms with van der Waals surface area (Å²) in [5.74, 6) is -1.74. The minimum absolute atomic E-state index is 0.0123. The highest BCUT2D eigenvalue weighted by molar-refractivity contribution is 6.01. The van der Waals surface area contributed by atoms with Gasteiger partial charge in [0.15, 0.2) is 23.8 Å². The van der Waals surface area contributed by atoms with E-state index in [0.29, 0.717) is 32.5 Å². The summed E-state index contributed by atoms with van der Waals surface area (Å²) in [6.07, 6.45) is 6.39. The lowest BCUT2D eigenvalue weighted by Gasteiger charge is -2.63. The molecule has 1 unspecified atom stereocenters. The number of carbonyl (C=O) groups excluding carboxylic acids is 1. The molecule has 2 saturated heterocycles. The SMILES string of the molecule is C[C@]12C[C@H](O)[C@@]3(F)[C@@H](CCC4=CC(=O)C=C[C@@]43C)[C@@H]1CCC21OCOC12OCCO2. The summed E-state index contributed by atoms with van der Waals surface area (Å²) in [6.45, 7) is 4.85. The molecule has 0 aromatic carbocycles. The first-order valence-corrected chi connectivity index (χ1v) is 11.1. The zero-order chi connectivity index (χ0) is 21.0. The number of rotatable bonds is 0. The molecule has 0 amide bonds. The monoisotopic (exact) mass is 420 g/mol. The van der Waals surface area contributed by atoms with Crippen LogP contribution in [0.5, 0.6) is 0 Å². The third kappa shape index (κ3) is 1.92. The van der Waals surface area contributed by atoms with Crippen molar-refractivity contribution in [3.05, 3.63) is 23.8 Å². The van der Waals surface area contributed by atoms with Crippen LogP contribution >= 0.6 is 0 Å². The normalized spacial score (nSPS) is 53.7. The number of aliphatic hydroxyl groups is 1. The molecule has 6 nitrogen and oxygen atoms in total. The summed E-state index contributed by atoms with van der Waals surface area (Å²) >= 11 is 0. The number of hydrogen-bond acceptors (Lipinski definition) is 6.